The lowest BCUT2D eigenvalue weighted by atomic mass is 10.1. The van der Waals surface area contributed by atoms with E-state index < -0.39 is 0 Å². The van der Waals surface area contributed by atoms with Crippen LogP contribution in [0, 0.1) is 11.3 Å². The average molecular weight is 259 g/mol. The fourth-order valence-electron chi connectivity index (χ4n) is 0.883. The van der Waals surface area contributed by atoms with Crippen LogP contribution < -0.4 is 0 Å². The van der Waals surface area contributed by atoms with E-state index in [4.69, 9.17) is 16.9 Å². The van der Waals surface area contributed by atoms with Crippen LogP contribution in [-0.2, 0) is 0 Å². The molecule has 0 saturated carbocycles. The molecular weight excluding hydrogens is 253 g/mol. The summed E-state index contributed by atoms with van der Waals surface area (Å²) in [6.07, 6.45) is 0. The molecule has 4 heteroatoms. The topological polar surface area (TPSA) is 40.9 Å². The number of nitriles is 1. The number of Topliss-reactive ketones (excluding diaryl/α,β-unsaturated/α-hetero) is 1. The van der Waals surface area contributed by atoms with E-state index in [0.29, 0.717) is 16.1 Å². The van der Waals surface area contributed by atoms with Gasteiger partial charge >= 0.3 is 0 Å². The molecule has 13 heavy (non-hydrogen) atoms. The van der Waals surface area contributed by atoms with Gasteiger partial charge in [-0.05, 0) is 18.2 Å². The van der Waals surface area contributed by atoms with Gasteiger partial charge in [-0.25, -0.2) is 0 Å². The maximum atomic E-state index is 11.2. The second-order valence-electron chi connectivity index (χ2n) is 2.36. The third-order valence-electron chi connectivity index (χ3n) is 1.52. The monoisotopic (exact) mass is 257 g/mol. The fourth-order valence-corrected chi connectivity index (χ4v) is 1.47. The van der Waals surface area contributed by atoms with Crippen molar-refractivity contribution < 1.29 is 4.79 Å². The third kappa shape index (κ3) is 2.30. The van der Waals surface area contributed by atoms with Gasteiger partial charge < -0.3 is 0 Å². The number of carbonyl (C=O) groups is 1. The van der Waals surface area contributed by atoms with Crippen molar-refractivity contribution in [2.75, 3.05) is 5.33 Å². The second-order valence-corrected chi connectivity index (χ2v) is 3.33. The Labute approximate surface area is 89.3 Å². The second kappa shape index (κ2) is 4.40. The minimum absolute atomic E-state index is 0.0884. The van der Waals surface area contributed by atoms with Gasteiger partial charge in [0.05, 0.1) is 22.0 Å². The maximum Gasteiger partial charge on any atom is 0.174 e. The van der Waals surface area contributed by atoms with Crippen LogP contribution in [0.1, 0.15) is 15.9 Å². The number of rotatable bonds is 2. The van der Waals surface area contributed by atoms with Crippen LogP contribution in [0.4, 0.5) is 0 Å². The summed E-state index contributed by atoms with van der Waals surface area (Å²) in [6, 6.07) is 6.56. The highest BCUT2D eigenvalue weighted by atomic mass is 79.9. The number of ketones is 1. The number of hydrogen-bond acceptors (Lipinski definition) is 2. The van der Waals surface area contributed by atoms with Crippen LogP contribution in [-0.4, -0.2) is 11.1 Å². The third-order valence-corrected chi connectivity index (χ3v) is 2.34. The van der Waals surface area contributed by atoms with Gasteiger partial charge in [0.1, 0.15) is 0 Å². The molecule has 1 aromatic carbocycles. The van der Waals surface area contributed by atoms with Gasteiger partial charge in [-0.1, -0.05) is 27.5 Å². The summed E-state index contributed by atoms with van der Waals surface area (Å²) in [5.41, 5.74) is 0.897. The van der Waals surface area contributed by atoms with Gasteiger partial charge in [-0.3, -0.25) is 4.79 Å². The van der Waals surface area contributed by atoms with E-state index in [0.717, 1.165) is 0 Å². The van der Waals surface area contributed by atoms with E-state index in [1.54, 1.807) is 12.1 Å². The first-order valence-electron chi connectivity index (χ1n) is 3.48. The Kier molecular flexibility index (Phi) is 3.47. The van der Waals surface area contributed by atoms with E-state index >= 15 is 0 Å². The number of carbonyl (C=O) groups excluding carboxylic acids is 1. The largest absolute Gasteiger partial charge is 0.293 e. The first kappa shape index (κ1) is 10.2. The minimum atomic E-state index is -0.0884. The molecule has 0 bridgehead atoms. The molecule has 0 aliphatic rings. The van der Waals surface area contributed by atoms with Gasteiger partial charge in [-0.2, -0.15) is 5.26 Å². The molecule has 0 aliphatic carbocycles. The Morgan fingerprint density at radius 3 is 2.77 bits per heavy atom. The molecule has 0 fully saturated rings. The highest BCUT2D eigenvalue weighted by Gasteiger charge is 2.08. The van der Waals surface area contributed by atoms with Crippen LogP contribution in [0.5, 0.6) is 0 Å². The molecule has 0 atom stereocenters. The zero-order valence-electron chi connectivity index (χ0n) is 6.55. The van der Waals surface area contributed by atoms with Crippen molar-refractivity contribution in [2.24, 2.45) is 0 Å². The van der Waals surface area contributed by atoms with Gasteiger partial charge in [0, 0.05) is 5.56 Å². The van der Waals surface area contributed by atoms with Crippen molar-refractivity contribution in [3.05, 3.63) is 34.3 Å². The summed E-state index contributed by atoms with van der Waals surface area (Å²) in [4.78, 5) is 11.2. The number of hydrogen-bond donors (Lipinski definition) is 0. The number of benzene rings is 1. The number of nitrogens with zero attached hydrogens (tertiary/aromatic N) is 1. The molecule has 0 spiro atoms. The number of halogens is 2. The molecule has 0 heterocycles. The van der Waals surface area contributed by atoms with Gasteiger partial charge in [0.25, 0.3) is 0 Å². The normalized spacial score (nSPS) is 9.31. The molecule has 1 rings (SSSR count). The maximum absolute atomic E-state index is 11.2. The lowest BCUT2D eigenvalue weighted by Gasteiger charge is -1.99. The van der Waals surface area contributed by atoms with Gasteiger partial charge in [0.15, 0.2) is 5.78 Å². The summed E-state index contributed by atoms with van der Waals surface area (Å²) in [6.45, 7) is 0. The van der Waals surface area contributed by atoms with E-state index in [1.807, 2.05) is 6.07 Å². The lowest BCUT2D eigenvalue weighted by Crippen LogP contribution is -2.00. The SMILES string of the molecule is N#Cc1ccc(C(=O)CBr)c(Cl)c1. The first-order valence-corrected chi connectivity index (χ1v) is 4.97. The minimum Gasteiger partial charge on any atom is -0.293 e. The first-order chi connectivity index (χ1) is 6.19. The Hall–Kier alpha value is -0.850. The Bertz CT molecular complexity index is 384. The summed E-state index contributed by atoms with van der Waals surface area (Å²) in [5, 5.41) is 9.10. The average Bonchev–Trinajstić information content (AvgIpc) is 2.16. The van der Waals surface area contributed by atoms with Crippen molar-refractivity contribution in [1.82, 2.24) is 0 Å². The van der Waals surface area contributed by atoms with Crippen molar-refractivity contribution in [3.63, 3.8) is 0 Å². The van der Waals surface area contributed by atoms with Gasteiger partial charge in [-0.15, -0.1) is 0 Å². The molecule has 0 aliphatic heterocycles. The van der Waals surface area contributed by atoms with Crippen LogP contribution >= 0.6 is 27.5 Å². The molecule has 0 unspecified atom stereocenters. The van der Waals surface area contributed by atoms with Crippen LogP contribution in [0.25, 0.3) is 0 Å². The van der Waals surface area contributed by atoms with Crippen LogP contribution in [0.2, 0.25) is 5.02 Å². The quantitative estimate of drug-likeness (QED) is 0.604. The standard InChI is InChI=1S/C9H5BrClNO/c10-4-9(13)7-2-1-6(5-12)3-8(7)11/h1-3H,4H2. The molecule has 0 N–H and O–H groups in total. The van der Waals surface area contributed by atoms with Gasteiger partial charge in [0.2, 0.25) is 0 Å². The molecule has 0 radical (unpaired) electrons. The summed E-state index contributed by atoms with van der Waals surface area (Å²) in [5.74, 6) is -0.0884. The zero-order valence-corrected chi connectivity index (χ0v) is 8.89. The molecule has 0 aromatic heterocycles. The van der Waals surface area contributed by atoms with E-state index in [9.17, 15) is 4.79 Å². The Morgan fingerprint density at radius 2 is 2.31 bits per heavy atom. The Balaban J connectivity index is 3.14. The molecule has 0 saturated heterocycles. The summed E-state index contributed by atoms with van der Waals surface area (Å²) < 4.78 is 0. The molecule has 0 amide bonds. The van der Waals surface area contributed by atoms with E-state index in [2.05, 4.69) is 15.9 Å². The van der Waals surface area contributed by atoms with Crippen molar-refractivity contribution in [1.29, 1.82) is 5.26 Å². The van der Waals surface area contributed by atoms with Crippen molar-refractivity contribution >= 4 is 33.3 Å². The molecule has 66 valence electrons. The lowest BCUT2D eigenvalue weighted by molar-refractivity contribution is 0.102. The summed E-state index contributed by atoms with van der Waals surface area (Å²) in [7, 11) is 0. The van der Waals surface area contributed by atoms with Crippen LogP contribution in [0.3, 0.4) is 0 Å². The summed E-state index contributed by atoms with van der Waals surface area (Å²) >= 11 is 8.84. The highest BCUT2D eigenvalue weighted by molar-refractivity contribution is 9.09. The highest BCUT2D eigenvalue weighted by Crippen LogP contribution is 2.18. The smallest absolute Gasteiger partial charge is 0.174 e. The van der Waals surface area contributed by atoms with E-state index in [-0.39, 0.29) is 11.1 Å². The molecular formula is C9H5BrClNO. The predicted molar refractivity (Wildman–Crippen MR) is 54.3 cm³/mol. The van der Waals surface area contributed by atoms with Crippen molar-refractivity contribution in [2.45, 2.75) is 0 Å². The van der Waals surface area contributed by atoms with E-state index in [1.165, 1.54) is 6.07 Å². The molecule has 2 nitrogen and oxygen atoms in total. The Morgan fingerprint density at radius 1 is 1.62 bits per heavy atom. The number of alkyl halides is 1. The van der Waals surface area contributed by atoms with Crippen molar-refractivity contribution in [3.8, 4) is 6.07 Å². The fraction of sp³-hybridized carbons (Fsp3) is 0.111. The zero-order chi connectivity index (χ0) is 9.84. The molecule has 1 aromatic rings. The predicted octanol–water partition coefficient (Wildman–Crippen LogP) is 2.79. The van der Waals surface area contributed by atoms with Crippen LogP contribution in [0.15, 0.2) is 18.2 Å².